The van der Waals surface area contributed by atoms with Crippen molar-refractivity contribution in [2.24, 2.45) is 0 Å². The zero-order valence-electron chi connectivity index (χ0n) is 15.3. The number of amides is 1. The molecule has 26 heavy (non-hydrogen) atoms. The van der Waals surface area contributed by atoms with Crippen LogP contribution in [0.25, 0.3) is 0 Å². The number of rotatable bonds is 5. The molecule has 2 fully saturated rings. The number of nitrogens with one attached hydrogen (secondary N) is 2. The Bertz CT molecular complexity index is 553. The highest BCUT2D eigenvalue weighted by Gasteiger charge is 2.29. The van der Waals surface area contributed by atoms with Crippen molar-refractivity contribution < 1.29 is 14.3 Å². The van der Waals surface area contributed by atoms with E-state index in [1.54, 1.807) is 14.2 Å². The van der Waals surface area contributed by atoms with Gasteiger partial charge in [-0.05, 0) is 32.2 Å². The number of nitrogens with zero attached hydrogens (tertiary/aromatic N) is 1. The predicted molar refractivity (Wildman–Crippen MR) is 108 cm³/mol. The van der Waals surface area contributed by atoms with Crippen LogP contribution in [0.3, 0.4) is 0 Å². The minimum absolute atomic E-state index is 0. The van der Waals surface area contributed by atoms with Gasteiger partial charge in [0.1, 0.15) is 11.5 Å². The molecule has 3 rings (SSSR count). The Morgan fingerprint density at radius 3 is 2.19 bits per heavy atom. The lowest BCUT2D eigenvalue weighted by atomic mass is 10.0. The number of halogens is 2. The fourth-order valence-electron chi connectivity index (χ4n) is 3.49. The number of carbonyl (C=O) groups is 1. The fourth-order valence-corrected chi connectivity index (χ4v) is 3.49. The van der Waals surface area contributed by atoms with Crippen LogP contribution in [-0.2, 0) is 4.79 Å². The van der Waals surface area contributed by atoms with Crippen LogP contribution < -0.4 is 20.1 Å². The number of hydrogen-bond donors (Lipinski definition) is 2. The first-order valence-electron chi connectivity index (χ1n) is 8.71. The van der Waals surface area contributed by atoms with Crippen LogP contribution >= 0.6 is 24.8 Å². The zero-order valence-corrected chi connectivity index (χ0v) is 17.0. The number of benzene rings is 1. The normalized spacial score (nSPS) is 19.9. The van der Waals surface area contributed by atoms with Crippen molar-refractivity contribution in [3.8, 4) is 11.5 Å². The molecule has 1 amide bonds. The van der Waals surface area contributed by atoms with Crippen molar-refractivity contribution in [2.45, 2.75) is 37.8 Å². The van der Waals surface area contributed by atoms with Crippen molar-refractivity contribution in [1.29, 1.82) is 0 Å². The summed E-state index contributed by atoms with van der Waals surface area (Å²) in [6.07, 6.45) is 3.99. The smallest absolute Gasteiger partial charge is 0.239 e. The molecule has 1 atom stereocenters. The number of piperidine rings is 1. The summed E-state index contributed by atoms with van der Waals surface area (Å²) in [6, 6.07) is 6.21. The molecule has 148 valence electrons. The number of likely N-dealkylation sites (tertiary alicyclic amines) is 1. The number of ether oxygens (including phenoxy) is 2. The lowest BCUT2D eigenvalue weighted by Gasteiger charge is -2.34. The Hall–Kier alpha value is -1.37. The molecule has 0 radical (unpaired) electrons. The van der Waals surface area contributed by atoms with E-state index in [-0.39, 0.29) is 36.8 Å². The molecule has 2 heterocycles. The SMILES string of the molecule is COc1cc(NC2CCN(C(=O)C3CCCN3)CC2)cc(OC)c1.Cl.Cl. The van der Waals surface area contributed by atoms with Crippen LogP contribution in [0.5, 0.6) is 11.5 Å². The Balaban J connectivity index is 0.00000169. The van der Waals surface area contributed by atoms with E-state index in [2.05, 4.69) is 10.6 Å². The van der Waals surface area contributed by atoms with E-state index >= 15 is 0 Å². The summed E-state index contributed by atoms with van der Waals surface area (Å²) in [5, 5.41) is 6.84. The molecule has 2 aliphatic heterocycles. The molecule has 0 aromatic heterocycles. The maximum absolute atomic E-state index is 12.4. The predicted octanol–water partition coefficient (Wildman–Crippen LogP) is 2.70. The molecule has 0 spiro atoms. The molecular weight excluding hydrogens is 377 g/mol. The van der Waals surface area contributed by atoms with Crippen molar-refractivity contribution in [3.05, 3.63) is 18.2 Å². The van der Waals surface area contributed by atoms with Crippen molar-refractivity contribution in [2.75, 3.05) is 39.2 Å². The zero-order chi connectivity index (χ0) is 16.9. The van der Waals surface area contributed by atoms with Gasteiger partial charge in [0, 0.05) is 43.0 Å². The largest absolute Gasteiger partial charge is 0.497 e. The second-order valence-corrected chi connectivity index (χ2v) is 6.49. The van der Waals surface area contributed by atoms with E-state index in [1.165, 1.54) is 0 Å². The molecule has 1 aromatic carbocycles. The maximum atomic E-state index is 12.4. The van der Waals surface area contributed by atoms with Crippen LogP contribution in [0.2, 0.25) is 0 Å². The fraction of sp³-hybridized carbons (Fsp3) is 0.611. The number of carbonyl (C=O) groups excluding carboxylic acids is 1. The summed E-state index contributed by atoms with van der Waals surface area (Å²) in [6.45, 7) is 2.59. The number of methoxy groups -OCH3 is 2. The average molecular weight is 406 g/mol. The van der Waals surface area contributed by atoms with Gasteiger partial charge >= 0.3 is 0 Å². The second-order valence-electron chi connectivity index (χ2n) is 6.49. The number of hydrogen-bond acceptors (Lipinski definition) is 5. The topological polar surface area (TPSA) is 62.8 Å². The highest BCUT2D eigenvalue weighted by Crippen LogP contribution is 2.27. The molecule has 0 aliphatic carbocycles. The van der Waals surface area contributed by atoms with E-state index in [0.29, 0.717) is 6.04 Å². The van der Waals surface area contributed by atoms with E-state index in [4.69, 9.17) is 9.47 Å². The molecular formula is C18H29Cl2N3O3. The van der Waals surface area contributed by atoms with E-state index in [0.717, 1.165) is 62.5 Å². The van der Waals surface area contributed by atoms with Gasteiger partial charge < -0.3 is 25.0 Å². The summed E-state index contributed by atoms with van der Waals surface area (Å²) < 4.78 is 10.6. The van der Waals surface area contributed by atoms with Crippen LogP contribution in [-0.4, -0.2) is 56.7 Å². The number of anilines is 1. The first kappa shape index (κ1) is 22.7. The van der Waals surface area contributed by atoms with Gasteiger partial charge in [-0.15, -0.1) is 24.8 Å². The molecule has 1 unspecified atom stereocenters. The van der Waals surface area contributed by atoms with Gasteiger partial charge in [-0.3, -0.25) is 4.79 Å². The molecule has 2 aliphatic rings. The first-order chi connectivity index (χ1) is 11.7. The third-order valence-corrected chi connectivity index (χ3v) is 4.89. The van der Waals surface area contributed by atoms with Gasteiger partial charge in [-0.25, -0.2) is 0 Å². The van der Waals surface area contributed by atoms with Crippen LogP contribution in [0, 0.1) is 0 Å². The van der Waals surface area contributed by atoms with Crippen molar-refractivity contribution >= 4 is 36.4 Å². The van der Waals surface area contributed by atoms with Crippen molar-refractivity contribution in [1.82, 2.24) is 10.2 Å². The minimum atomic E-state index is 0. The lowest BCUT2D eigenvalue weighted by molar-refractivity contribution is -0.134. The highest BCUT2D eigenvalue weighted by molar-refractivity contribution is 5.85. The summed E-state index contributed by atoms with van der Waals surface area (Å²) in [4.78, 5) is 14.4. The van der Waals surface area contributed by atoms with E-state index in [1.807, 2.05) is 23.1 Å². The Morgan fingerprint density at radius 2 is 1.69 bits per heavy atom. The quantitative estimate of drug-likeness (QED) is 0.788. The third-order valence-electron chi connectivity index (χ3n) is 4.89. The molecule has 2 N–H and O–H groups in total. The van der Waals surface area contributed by atoms with Gasteiger partial charge in [0.2, 0.25) is 5.91 Å². The van der Waals surface area contributed by atoms with Gasteiger partial charge in [0.25, 0.3) is 0 Å². The van der Waals surface area contributed by atoms with Crippen LogP contribution in [0.15, 0.2) is 18.2 Å². The molecule has 6 nitrogen and oxygen atoms in total. The molecule has 8 heteroatoms. The molecule has 0 saturated carbocycles. The highest BCUT2D eigenvalue weighted by atomic mass is 35.5. The van der Waals surface area contributed by atoms with Gasteiger partial charge in [-0.1, -0.05) is 0 Å². The summed E-state index contributed by atoms with van der Waals surface area (Å²) >= 11 is 0. The molecule has 0 bridgehead atoms. The second kappa shape index (κ2) is 10.7. The molecule has 2 saturated heterocycles. The van der Waals surface area contributed by atoms with Crippen molar-refractivity contribution in [3.63, 3.8) is 0 Å². The monoisotopic (exact) mass is 405 g/mol. The third kappa shape index (κ3) is 5.56. The summed E-state index contributed by atoms with van der Waals surface area (Å²) in [5.41, 5.74) is 0.994. The Kier molecular flexibility index (Phi) is 9.33. The molecule has 1 aromatic rings. The van der Waals surface area contributed by atoms with Gasteiger partial charge in [0.05, 0.1) is 20.3 Å². The lowest BCUT2D eigenvalue weighted by Crippen LogP contribution is -2.48. The Morgan fingerprint density at radius 1 is 1.08 bits per heavy atom. The Labute approximate surface area is 167 Å². The summed E-state index contributed by atoms with van der Waals surface area (Å²) in [7, 11) is 3.30. The van der Waals surface area contributed by atoms with Crippen LogP contribution in [0.1, 0.15) is 25.7 Å². The standard InChI is InChI=1S/C18H27N3O3.2ClH/c1-23-15-10-14(11-16(12-15)24-2)20-13-5-8-21(9-6-13)18(22)17-4-3-7-19-17;;/h10-13,17,19-20H,3-9H2,1-2H3;2*1H. The van der Waals surface area contributed by atoms with E-state index in [9.17, 15) is 4.79 Å². The van der Waals surface area contributed by atoms with Gasteiger partial charge in [-0.2, -0.15) is 0 Å². The maximum Gasteiger partial charge on any atom is 0.239 e. The van der Waals surface area contributed by atoms with Gasteiger partial charge in [0.15, 0.2) is 0 Å². The minimum Gasteiger partial charge on any atom is -0.497 e. The summed E-state index contributed by atoms with van der Waals surface area (Å²) in [5.74, 6) is 1.82. The first-order valence-corrected chi connectivity index (χ1v) is 8.71. The van der Waals surface area contributed by atoms with Crippen LogP contribution in [0.4, 0.5) is 5.69 Å². The van der Waals surface area contributed by atoms with E-state index < -0.39 is 0 Å². The average Bonchev–Trinajstić information content (AvgIpc) is 3.16.